The third-order valence-electron chi connectivity index (χ3n) is 10.6. The van der Waals surface area contributed by atoms with Crippen molar-refractivity contribution < 1.29 is 27.9 Å². The summed E-state index contributed by atoms with van der Waals surface area (Å²) >= 11 is 6.12. The van der Waals surface area contributed by atoms with Crippen LogP contribution in [0, 0.1) is 0 Å². The highest BCUT2D eigenvalue weighted by Crippen LogP contribution is 2.39. The molecule has 3 aliphatic rings. The molecule has 2 heterocycles. The Bertz CT molecular complexity index is 1820. The van der Waals surface area contributed by atoms with Crippen molar-refractivity contribution in [1.82, 2.24) is 25.2 Å². The number of nitrogens with one attached hydrogen (secondary N) is 3. The first-order valence-corrected chi connectivity index (χ1v) is 20.3. The molecule has 4 N–H and O–H groups in total. The highest BCUT2D eigenvalue weighted by Gasteiger charge is 2.54. The van der Waals surface area contributed by atoms with Crippen molar-refractivity contribution >= 4 is 45.0 Å². The molecule has 2 aliphatic heterocycles. The minimum atomic E-state index is -4.11. The van der Waals surface area contributed by atoms with Crippen LogP contribution in [0.1, 0.15) is 56.1 Å². The van der Waals surface area contributed by atoms with E-state index in [2.05, 4.69) is 20.3 Å². The number of sulfonamides is 1. The fourth-order valence-corrected chi connectivity index (χ4v) is 9.04. The number of rotatable bonds is 14. The Balaban J connectivity index is 1.18. The van der Waals surface area contributed by atoms with Gasteiger partial charge in [-0.2, -0.15) is 4.72 Å². The molecule has 3 amide bonds. The van der Waals surface area contributed by atoms with E-state index in [-0.39, 0.29) is 68.0 Å². The molecule has 3 aromatic carbocycles. The minimum Gasteiger partial charge on any atom is -0.395 e. The van der Waals surface area contributed by atoms with Crippen LogP contribution in [0.2, 0.25) is 5.02 Å². The normalized spacial score (nSPS) is 18.4. The van der Waals surface area contributed by atoms with Crippen LogP contribution in [0.3, 0.4) is 0 Å². The maximum Gasteiger partial charge on any atom is 0.250 e. The standard InChI is InChI=1S/C39H49ClN6O6S/c40-31-15-11-29(12-16-31)25-35(43-53(51,52)34-17-13-30(14-18-34)26-41-21-24-47)37(49)44-22-19-39(20-23-44)38(50)45(28-46(39)33-9-5-2-6-10-33)27-36(48)42-32-7-3-1-4-8-32/h2,5-6,9-18,32,35,41,43,47H,1,3-4,7-8,19-28H2,(H,42,48)/t35-/m1/s1. The van der Waals surface area contributed by atoms with Crippen molar-refractivity contribution in [2.45, 2.75) is 80.4 Å². The molecular formula is C39H49ClN6O6S. The average Bonchev–Trinajstić information content (AvgIpc) is 3.42. The van der Waals surface area contributed by atoms with Crippen molar-refractivity contribution in [3.63, 3.8) is 0 Å². The molecule has 0 bridgehead atoms. The van der Waals surface area contributed by atoms with E-state index in [4.69, 9.17) is 16.7 Å². The van der Waals surface area contributed by atoms with Crippen LogP contribution in [-0.4, -0.2) is 98.1 Å². The van der Waals surface area contributed by atoms with Gasteiger partial charge in [-0.15, -0.1) is 0 Å². The molecule has 53 heavy (non-hydrogen) atoms. The Morgan fingerprint density at radius 1 is 0.906 bits per heavy atom. The second kappa shape index (κ2) is 17.4. The largest absolute Gasteiger partial charge is 0.395 e. The van der Waals surface area contributed by atoms with Crippen molar-refractivity contribution in [3.05, 3.63) is 95.0 Å². The molecule has 1 spiro atoms. The topological polar surface area (TPSA) is 151 Å². The van der Waals surface area contributed by atoms with Gasteiger partial charge in [0.25, 0.3) is 5.91 Å². The third-order valence-corrected chi connectivity index (χ3v) is 12.3. The van der Waals surface area contributed by atoms with Gasteiger partial charge in [-0.3, -0.25) is 14.4 Å². The zero-order valence-corrected chi connectivity index (χ0v) is 31.5. The maximum absolute atomic E-state index is 14.3. The monoisotopic (exact) mass is 764 g/mol. The summed E-state index contributed by atoms with van der Waals surface area (Å²) < 4.78 is 30.1. The summed E-state index contributed by atoms with van der Waals surface area (Å²) in [4.78, 5) is 47.1. The number of carbonyl (C=O) groups excluding carboxylic acids is 3. The third kappa shape index (κ3) is 9.39. The highest BCUT2D eigenvalue weighted by molar-refractivity contribution is 7.89. The van der Waals surface area contributed by atoms with Crippen LogP contribution < -0.4 is 20.3 Å². The number of anilines is 1. The van der Waals surface area contributed by atoms with Gasteiger partial charge < -0.3 is 30.4 Å². The lowest BCUT2D eigenvalue weighted by Crippen LogP contribution is -2.59. The van der Waals surface area contributed by atoms with E-state index in [9.17, 15) is 22.8 Å². The molecule has 1 atom stereocenters. The van der Waals surface area contributed by atoms with Gasteiger partial charge in [0.2, 0.25) is 21.8 Å². The zero-order chi connectivity index (χ0) is 37.4. The lowest BCUT2D eigenvalue weighted by Gasteiger charge is -2.44. The molecule has 12 nitrogen and oxygen atoms in total. The Labute approximate surface area is 316 Å². The summed E-state index contributed by atoms with van der Waals surface area (Å²) in [6, 6.07) is 22.0. The molecule has 284 valence electrons. The van der Waals surface area contributed by atoms with Gasteiger partial charge in [-0.1, -0.05) is 73.3 Å². The Hall–Kier alpha value is -4.01. The van der Waals surface area contributed by atoms with Crippen LogP contribution in [0.25, 0.3) is 0 Å². The SMILES string of the molecule is O=C(CN1CN(c2ccccc2)C2(CCN(C(=O)[C@@H](Cc3ccc(Cl)cc3)NS(=O)(=O)c3ccc(CNCCO)cc3)CC2)C1=O)NC1CCCCC1. The smallest absolute Gasteiger partial charge is 0.250 e. The first-order chi connectivity index (χ1) is 25.6. The number of carbonyl (C=O) groups is 3. The van der Waals surface area contributed by atoms with Crippen LogP contribution >= 0.6 is 11.6 Å². The fraction of sp³-hybridized carbons (Fsp3) is 0.462. The van der Waals surface area contributed by atoms with Gasteiger partial charge in [-0.25, -0.2) is 8.42 Å². The molecule has 1 aliphatic carbocycles. The zero-order valence-electron chi connectivity index (χ0n) is 29.9. The summed E-state index contributed by atoms with van der Waals surface area (Å²) in [5, 5.41) is 15.7. The first kappa shape index (κ1) is 38.7. The van der Waals surface area contributed by atoms with Crippen molar-refractivity contribution in [1.29, 1.82) is 0 Å². The molecule has 0 aromatic heterocycles. The number of amides is 3. The Morgan fingerprint density at radius 3 is 2.23 bits per heavy atom. The highest BCUT2D eigenvalue weighted by atomic mass is 35.5. The van der Waals surface area contributed by atoms with E-state index in [0.29, 0.717) is 31.0 Å². The predicted molar refractivity (Wildman–Crippen MR) is 204 cm³/mol. The molecule has 3 fully saturated rings. The lowest BCUT2D eigenvalue weighted by molar-refractivity contribution is -0.140. The van der Waals surface area contributed by atoms with Gasteiger partial charge in [0.15, 0.2) is 0 Å². The van der Waals surface area contributed by atoms with E-state index in [1.165, 1.54) is 18.6 Å². The molecule has 0 unspecified atom stereocenters. The molecule has 3 aromatic rings. The summed E-state index contributed by atoms with van der Waals surface area (Å²) in [5.74, 6) is -0.683. The van der Waals surface area contributed by atoms with E-state index < -0.39 is 21.6 Å². The van der Waals surface area contributed by atoms with Crippen LogP contribution in [-0.2, 0) is 37.4 Å². The van der Waals surface area contributed by atoms with Crippen molar-refractivity contribution in [3.8, 4) is 0 Å². The number of aliphatic hydroxyl groups excluding tert-OH is 1. The molecule has 2 saturated heterocycles. The number of piperidine rings is 1. The number of halogens is 1. The van der Waals surface area contributed by atoms with Gasteiger partial charge in [0.1, 0.15) is 18.1 Å². The summed E-state index contributed by atoms with van der Waals surface area (Å²) in [6.07, 6.45) is 6.00. The van der Waals surface area contributed by atoms with Crippen molar-refractivity contribution in [2.75, 3.05) is 44.4 Å². The van der Waals surface area contributed by atoms with Crippen molar-refractivity contribution in [2.24, 2.45) is 0 Å². The first-order valence-electron chi connectivity index (χ1n) is 18.5. The second-order valence-electron chi connectivity index (χ2n) is 14.2. The fourth-order valence-electron chi connectivity index (χ4n) is 7.72. The molecule has 1 saturated carbocycles. The number of hydrogen-bond donors (Lipinski definition) is 4. The average molecular weight is 765 g/mol. The molecule has 14 heteroatoms. The number of para-hydroxylation sites is 1. The van der Waals surface area contributed by atoms with Gasteiger partial charge in [0, 0.05) is 42.9 Å². The Kier molecular flexibility index (Phi) is 12.7. The van der Waals surface area contributed by atoms with E-state index in [0.717, 1.165) is 42.5 Å². The molecule has 6 rings (SSSR count). The summed E-state index contributed by atoms with van der Waals surface area (Å²) in [6.45, 7) is 1.56. The van der Waals surface area contributed by atoms with Crippen LogP contribution in [0.5, 0.6) is 0 Å². The maximum atomic E-state index is 14.3. The van der Waals surface area contributed by atoms with Gasteiger partial charge >= 0.3 is 0 Å². The van der Waals surface area contributed by atoms with E-state index in [1.54, 1.807) is 46.2 Å². The number of benzene rings is 3. The summed E-state index contributed by atoms with van der Waals surface area (Å²) in [5.41, 5.74) is 1.49. The van der Waals surface area contributed by atoms with Crippen LogP contribution in [0.4, 0.5) is 5.69 Å². The lowest BCUT2D eigenvalue weighted by atomic mass is 9.85. The van der Waals surface area contributed by atoms with Crippen LogP contribution in [0.15, 0.2) is 83.8 Å². The summed E-state index contributed by atoms with van der Waals surface area (Å²) in [7, 11) is -4.11. The number of likely N-dealkylation sites (tertiary alicyclic amines) is 1. The number of nitrogens with zero attached hydrogens (tertiary/aromatic N) is 3. The predicted octanol–water partition coefficient (Wildman–Crippen LogP) is 3.43. The van der Waals surface area contributed by atoms with Gasteiger partial charge in [-0.05, 0) is 79.6 Å². The molecule has 0 radical (unpaired) electrons. The number of hydrogen-bond acceptors (Lipinski definition) is 8. The number of aliphatic hydroxyl groups is 1. The van der Waals surface area contributed by atoms with E-state index in [1.807, 2.05) is 30.3 Å². The van der Waals surface area contributed by atoms with E-state index >= 15 is 0 Å². The second-order valence-corrected chi connectivity index (χ2v) is 16.4. The van der Waals surface area contributed by atoms with Gasteiger partial charge in [0.05, 0.1) is 18.2 Å². The molecular weight excluding hydrogens is 716 g/mol. The minimum absolute atomic E-state index is 0.00345. The Morgan fingerprint density at radius 2 is 1.57 bits per heavy atom. The quantitative estimate of drug-likeness (QED) is 0.183.